The van der Waals surface area contributed by atoms with E-state index in [-0.39, 0.29) is 0 Å². The predicted octanol–water partition coefficient (Wildman–Crippen LogP) is 10.6. The summed E-state index contributed by atoms with van der Waals surface area (Å²) < 4.78 is 16.8. The molecule has 0 aliphatic carbocycles. The number of benzene rings is 3. The molecule has 5 aromatic rings. The van der Waals surface area contributed by atoms with Crippen molar-refractivity contribution in [3.05, 3.63) is 137 Å². The number of unbranched alkanes of at least 4 members (excludes halogenated alkanes) is 1. The van der Waals surface area contributed by atoms with Gasteiger partial charge in [0.25, 0.3) is 0 Å². The zero-order valence-electron chi connectivity index (χ0n) is 26.8. The number of ether oxygens (including phenoxy) is 2. The van der Waals surface area contributed by atoms with Crippen LogP contribution in [0.25, 0.3) is 5.69 Å². The average Bonchev–Trinajstić information content (AvgIpc) is 3.50. The van der Waals surface area contributed by atoms with Gasteiger partial charge in [-0.05, 0) is 106 Å². The second-order valence-electron chi connectivity index (χ2n) is 10.8. The fourth-order valence-corrected chi connectivity index (χ4v) is 5.23. The van der Waals surface area contributed by atoms with Crippen molar-refractivity contribution in [1.82, 2.24) is 14.1 Å². The van der Waals surface area contributed by atoms with Gasteiger partial charge >= 0.3 is 40.8 Å². The fraction of sp³-hybridized carbons (Fsp3) is 0.297. The first-order valence-corrected chi connectivity index (χ1v) is 22.2. The third-order valence-electron chi connectivity index (χ3n) is 7.16. The smallest absolute Gasteiger partial charge is 0.0267 e. The molecule has 3 aromatic carbocycles. The second kappa shape index (κ2) is 20.4. The summed E-state index contributed by atoms with van der Waals surface area (Å²) >= 11 is 6.80. The summed E-state index contributed by atoms with van der Waals surface area (Å²) in [7, 11) is 0. The third-order valence-corrected chi connectivity index (χ3v) is 7.16. The number of halogens is 2. The van der Waals surface area contributed by atoms with Gasteiger partial charge in [-0.1, -0.05) is 43.3 Å². The van der Waals surface area contributed by atoms with E-state index in [1.165, 1.54) is 33.5 Å². The molecule has 0 aliphatic rings. The second-order valence-corrected chi connectivity index (χ2v) is 18.0. The molecule has 0 saturated carbocycles. The Labute approximate surface area is 290 Å². The Balaban J connectivity index is 0.000000533. The SMILES string of the molecule is CCc1cc(OCc2ccccc2)cc(C)c1OCCCCn1ccn(-c2c(C)cc(C)cc2C)[cH+]1.[Br][Pd-][Br].c1ccncc1. The van der Waals surface area contributed by atoms with Crippen LogP contribution in [0.15, 0.2) is 104 Å². The minimum Gasteiger partial charge on any atom is -0.265 e. The van der Waals surface area contributed by atoms with Crippen molar-refractivity contribution in [2.45, 2.75) is 67.0 Å². The first kappa shape index (κ1) is 36.7. The molecule has 0 amide bonds. The van der Waals surface area contributed by atoms with Gasteiger partial charge in [-0.25, -0.2) is 0 Å². The number of rotatable bonds is 11. The van der Waals surface area contributed by atoms with E-state index in [0.717, 1.165) is 49.5 Å². The maximum absolute atomic E-state index is 6.26. The van der Waals surface area contributed by atoms with Gasteiger partial charge in [-0.15, -0.1) is 0 Å². The summed E-state index contributed by atoms with van der Waals surface area (Å²) in [6.07, 6.45) is 13.0. The van der Waals surface area contributed by atoms with Crippen LogP contribution >= 0.6 is 26.9 Å². The summed E-state index contributed by atoms with van der Waals surface area (Å²) in [6, 6.07) is 24.7. The first-order chi connectivity index (χ1) is 21.9. The van der Waals surface area contributed by atoms with Crippen LogP contribution in [0.2, 0.25) is 0 Å². The van der Waals surface area contributed by atoms with Crippen molar-refractivity contribution in [3.8, 4) is 17.2 Å². The van der Waals surface area contributed by atoms with E-state index in [4.69, 9.17) is 9.47 Å². The molecule has 5 nitrogen and oxygen atoms in total. The van der Waals surface area contributed by atoms with E-state index in [1.807, 2.05) is 36.4 Å². The molecular formula is C37H44Br2N3O2Pd. The molecule has 0 unspecified atom stereocenters. The summed E-state index contributed by atoms with van der Waals surface area (Å²) in [5.74, 6) is 1.91. The molecule has 8 heteroatoms. The van der Waals surface area contributed by atoms with E-state index in [9.17, 15) is 0 Å². The monoisotopic (exact) mass is 826 g/mol. The van der Waals surface area contributed by atoms with E-state index in [1.54, 1.807) is 12.4 Å². The Morgan fingerprint density at radius 2 is 1.47 bits per heavy atom. The van der Waals surface area contributed by atoms with Gasteiger partial charge in [0.05, 0.1) is 6.61 Å². The molecule has 0 N–H and O–H groups in total. The summed E-state index contributed by atoms with van der Waals surface area (Å²) in [5.41, 5.74) is 8.71. The van der Waals surface area contributed by atoms with E-state index < -0.39 is 0 Å². The quantitative estimate of drug-likeness (QED) is 0.0757. The third kappa shape index (κ3) is 12.5. The first-order valence-electron chi connectivity index (χ1n) is 15.1. The van der Waals surface area contributed by atoms with E-state index in [0.29, 0.717) is 20.6 Å². The minimum absolute atomic E-state index is 0.575. The van der Waals surface area contributed by atoms with Crippen molar-refractivity contribution >= 4 is 26.9 Å². The summed E-state index contributed by atoms with van der Waals surface area (Å²) in [6.45, 7) is 13.1. The molecule has 0 bridgehead atoms. The molecule has 2 heterocycles. The Hall–Kier alpha value is -2.76. The van der Waals surface area contributed by atoms with Crippen molar-refractivity contribution in [3.63, 3.8) is 0 Å². The molecule has 243 valence electrons. The van der Waals surface area contributed by atoms with Crippen LogP contribution in [0, 0.1) is 27.7 Å². The van der Waals surface area contributed by atoms with Crippen molar-refractivity contribution < 1.29 is 23.4 Å². The van der Waals surface area contributed by atoms with Gasteiger partial charge in [-0.3, -0.25) is 9.55 Å². The number of hydrogen-bond donors (Lipinski definition) is 0. The van der Waals surface area contributed by atoms with E-state index in [2.05, 4.69) is 131 Å². The predicted molar refractivity (Wildman–Crippen MR) is 191 cm³/mol. The van der Waals surface area contributed by atoms with Crippen molar-refractivity contribution in [1.29, 1.82) is 0 Å². The van der Waals surface area contributed by atoms with Crippen LogP contribution < -0.4 is 9.47 Å². The Morgan fingerprint density at radius 1 is 0.800 bits per heavy atom. The van der Waals surface area contributed by atoms with Gasteiger partial charge in [0, 0.05) is 30.1 Å². The number of imidazole rings is 1. The minimum atomic E-state index is 0.575. The maximum Gasteiger partial charge on any atom is 0.0267 e. The fourth-order valence-electron chi connectivity index (χ4n) is 5.23. The molecule has 0 spiro atoms. The van der Waals surface area contributed by atoms with E-state index >= 15 is 0 Å². The Morgan fingerprint density at radius 3 is 2.07 bits per heavy atom. The molecule has 2 aromatic heterocycles. The maximum atomic E-state index is 6.26. The summed E-state index contributed by atoms with van der Waals surface area (Å²) in [5, 5.41) is 0. The molecule has 0 radical (unpaired) electrons. The van der Waals surface area contributed by atoms with Crippen LogP contribution in [-0.2, 0) is 33.5 Å². The van der Waals surface area contributed by atoms with Crippen LogP contribution in [-0.4, -0.2) is 20.7 Å². The molecule has 5 rings (SSSR count). The largest absolute Gasteiger partial charge is 0.265 e. The molecule has 0 aliphatic heterocycles. The number of pyridine rings is 1. The number of aryl methyl sites for hydroxylation is 6. The molecule has 0 fully saturated rings. The zero-order chi connectivity index (χ0) is 32.4. The molecular weight excluding hydrogens is 785 g/mol. The molecule has 0 atom stereocenters. The zero-order valence-corrected chi connectivity index (χ0v) is 31.5. The molecule has 0 saturated heterocycles. The summed E-state index contributed by atoms with van der Waals surface area (Å²) in [4.78, 5) is 3.78. The van der Waals surface area contributed by atoms with Gasteiger partial charge in [0.2, 0.25) is 0 Å². The standard InChI is InChI=1S/C32H39N2O2.C5H5N.2BrH.Pd/c1-6-29-21-30(36-22-28-12-8-7-9-13-28)20-27(5)32(29)35-17-11-10-14-33-15-16-34(23-33)31-25(3)18-24(2)19-26(31)4;1-2-4-6-5-3-1;;;/h7-9,12-13,15-16,18-21,23H,6,10-11,14,17,22H2,1-5H3;1-5H;2*1H;/q+1;;;;+1/p-2. The number of aromatic nitrogens is 3. The van der Waals surface area contributed by atoms with Crippen LogP contribution in [0.5, 0.6) is 11.5 Å². The van der Waals surface area contributed by atoms with Crippen molar-refractivity contribution in [2.24, 2.45) is 0 Å². The van der Waals surface area contributed by atoms with Crippen LogP contribution in [0.1, 0.15) is 53.1 Å². The average molecular weight is 829 g/mol. The number of nitrogens with zero attached hydrogens (tertiary/aromatic N) is 3. The normalized spacial score (nSPS) is 10.4. The van der Waals surface area contributed by atoms with Gasteiger partial charge < -0.3 is 9.47 Å². The van der Waals surface area contributed by atoms with Gasteiger partial charge in [0.15, 0.2) is 6.33 Å². The van der Waals surface area contributed by atoms with Gasteiger partial charge in [0.1, 0.15) is 36.2 Å². The van der Waals surface area contributed by atoms with Crippen LogP contribution in [0.3, 0.4) is 0 Å². The molecule has 45 heavy (non-hydrogen) atoms. The van der Waals surface area contributed by atoms with Gasteiger partial charge in [-0.2, -0.15) is 4.57 Å². The Kier molecular flexibility index (Phi) is 16.6. The topological polar surface area (TPSA) is 41.2 Å². The number of hydrogen-bond acceptors (Lipinski definition) is 3. The van der Waals surface area contributed by atoms with Crippen molar-refractivity contribution in [2.75, 3.05) is 6.61 Å². The van der Waals surface area contributed by atoms with Crippen LogP contribution in [0.4, 0.5) is 0 Å². The Bertz CT molecular complexity index is 1510.